The van der Waals surface area contributed by atoms with Gasteiger partial charge in [0, 0.05) is 13.1 Å². The highest BCUT2D eigenvalue weighted by Gasteiger charge is 2.21. The number of ether oxygens (including phenoxy) is 1. The van der Waals surface area contributed by atoms with Crippen LogP contribution in [0.2, 0.25) is 0 Å². The van der Waals surface area contributed by atoms with Gasteiger partial charge in [0.15, 0.2) is 6.20 Å². The molecule has 0 fully saturated rings. The highest BCUT2D eigenvalue weighted by Crippen LogP contribution is 2.17. The van der Waals surface area contributed by atoms with E-state index in [4.69, 9.17) is 4.74 Å². The van der Waals surface area contributed by atoms with Crippen LogP contribution in [0.5, 0.6) is 0 Å². The van der Waals surface area contributed by atoms with Gasteiger partial charge in [-0.2, -0.15) is 0 Å². The summed E-state index contributed by atoms with van der Waals surface area (Å²) in [4.78, 5) is 26.4. The number of nitrogens with zero attached hydrogens (tertiary/aromatic N) is 3. The molecule has 1 aromatic heterocycles. The van der Waals surface area contributed by atoms with E-state index in [2.05, 4.69) is 4.98 Å². The molecule has 98 valence electrons. The number of hydrogen-bond donors (Lipinski definition) is 0. The van der Waals surface area contributed by atoms with Crippen LogP contribution in [0.15, 0.2) is 18.3 Å². The topological polar surface area (TPSA) is 85.6 Å². The number of pyridine rings is 1. The molecule has 0 radical (unpaired) electrons. The van der Waals surface area contributed by atoms with Crippen LogP contribution < -0.4 is 4.90 Å². The zero-order valence-electron chi connectivity index (χ0n) is 10.7. The highest BCUT2D eigenvalue weighted by molar-refractivity contribution is 5.87. The number of hydrogen-bond acceptors (Lipinski definition) is 5. The Kier molecular flexibility index (Phi) is 3.85. The molecule has 0 N–H and O–H groups in total. The van der Waals surface area contributed by atoms with Gasteiger partial charge in [0.05, 0.1) is 5.69 Å². The quantitative estimate of drug-likeness (QED) is 0.596. The molecule has 0 aliphatic carbocycles. The molecule has 1 amide bonds. The Balaban J connectivity index is 2.81. The van der Waals surface area contributed by atoms with E-state index >= 15 is 0 Å². The summed E-state index contributed by atoms with van der Waals surface area (Å²) in [5, 5.41) is 10.4. The lowest BCUT2D eigenvalue weighted by Gasteiger charge is -2.23. The van der Waals surface area contributed by atoms with Crippen molar-refractivity contribution in [3.63, 3.8) is 0 Å². The molecule has 1 heterocycles. The molecule has 7 nitrogen and oxygen atoms in total. The Hall–Kier alpha value is -2.18. The van der Waals surface area contributed by atoms with Gasteiger partial charge in [0.1, 0.15) is 5.60 Å². The van der Waals surface area contributed by atoms with Gasteiger partial charge in [-0.1, -0.05) is 0 Å². The first kappa shape index (κ1) is 13.9. The maximum absolute atomic E-state index is 11.7. The van der Waals surface area contributed by atoms with Crippen molar-refractivity contribution in [1.82, 2.24) is 4.98 Å². The SMILES string of the molecule is CN(C(=O)OC(C)(C)C)c1ccc([N+](=O)[O-])nc1. The minimum atomic E-state index is -0.600. The molecule has 1 rings (SSSR count). The van der Waals surface area contributed by atoms with E-state index in [1.165, 1.54) is 30.3 Å². The maximum Gasteiger partial charge on any atom is 0.414 e. The summed E-state index contributed by atoms with van der Waals surface area (Å²) in [6.45, 7) is 5.27. The van der Waals surface area contributed by atoms with Gasteiger partial charge in [-0.15, -0.1) is 0 Å². The van der Waals surface area contributed by atoms with Gasteiger partial charge < -0.3 is 14.9 Å². The summed E-state index contributed by atoms with van der Waals surface area (Å²) in [5.74, 6) is -0.267. The van der Waals surface area contributed by atoms with Gasteiger partial charge in [-0.3, -0.25) is 4.90 Å². The van der Waals surface area contributed by atoms with Crippen LogP contribution in [-0.2, 0) is 4.74 Å². The number of nitro groups is 1. The first-order valence-corrected chi connectivity index (χ1v) is 5.28. The van der Waals surface area contributed by atoms with E-state index < -0.39 is 16.6 Å². The Bertz CT molecular complexity index is 450. The monoisotopic (exact) mass is 253 g/mol. The average molecular weight is 253 g/mol. The molecule has 0 atom stereocenters. The fourth-order valence-electron chi connectivity index (χ4n) is 1.12. The van der Waals surface area contributed by atoms with Crippen LogP contribution in [0.1, 0.15) is 20.8 Å². The Morgan fingerprint density at radius 2 is 2.06 bits per heavy atom. The standard InChI is InChI=1S/C11H15N3O4/c1-11(2,3)18-10(15)13(4)8-5-6-9(12-7-8)14(16)17/h5-7H,1-4H3. The first-order valence-electron chi connectivity index (χ1n) is 5.28. The average Bonchev–Trinajstić information content (AvgIpc) is 2.26. The van der Waals surface area contributed by atoms with Crippen molar-refractivity contribution in [2.24, 2.45) is 0 Å². The molecule has 0 aromatic carbocycles. The summed E-state index contributed by atoms with van der Waals surface area (Å²) >= 11 is 0. The third-order valence-corrected chi connectivity index (χ3v) is 1.97. The van der Waals surface area contributed by atoms with Crippen molar-refractivity contribution in [1.29, 1.82) is 0 Å². The van der Waals surface area contributed by atoms with E-state index in [-0.39, 0.29) is 5.82 Å². The second-order valence-electron chi connectivity index (χ2n) is 4.67. The predicted molar refractivity (Wildman–Crippen MR) is 65.5 cm³/mol. The number of amides is 1. The van der Waals surface area contributed by atoms with Crippen LogP contribution in [0, 0.1) is 10.1 Å². The summed E-state index contributed by atoms with van der Waals surface area (Å²) in [6, 6.07) is 2.67. The zero-order chi connectivity index (χ0) is 13.9. The molecule has 0 saturated heterocycles. The number of rotatable bonds is 2. The van der Waals surface area contributed by atoms with Gasteiger partial charge in [0.25, 0.3) is 0 Å². The highest BCUT2D eigenvalue weighted by atomic mass is 16.6. The lowest BCUT2D eigenvalue weighted by Crippen LogP contribution is -2.34. The van der Waals surface area contributed by atoms with Gasteiger partial charge in [-0.05, 0) is 36.7 Å². The molecule has 1 aromatic rings. The maximum atomic E-state index is 11.7. The summed E-state index contributed by atoms with van der Waals surface area (Å²) in [5.41, 5.74) is -0.172. The number of anilines is 1. The van der Waals surface area contributed by atoms with Crippen molar-refractivity contribution in [2.75, 3.05) is 11.9 Å². The third-order valence-electron chi connectivity index (χ3n) is 1.97. The second kappa shape index (κ2) is 4.99. The second-order valence-corrected chi connectivity index (χ2v) is 4.67. The third kappa shape index (κ3) is 3.69. The van der Waals surface area contributed by atoms with Crippen LogP contribution in [-0.4, -0.2) is 28.6 Å². The lowest BCUT2D eigenvalue weighted by atomic mass is 10.2. The molecule has 18 heavy (non-hydrogen) atoms. The molecular formula is C11H15N3O4. The van der Waals surface area contributed by atoms with Crippen molar-refractivity contribution in [2.45, 2.75) is 26.4 Å². The van der Waals surface area contributed by atoms with E-state index in [1.807, 2.05) is 0 Å². The molecule has 0 bridgehead atoms. The lowest BCUT2D eigenvalue weighted by molar-refractivity contribution is -0.389. The van der Waals surface area contributed by atoms with E-state index in [9.17, 15) is 14.9 Å². The van der Waals surface area contributed by atoms with Crippen molar-refractivity contribution < 1.29 is 14.5 Å². The molecule has 0 aliphatic heterocycles. The van der Waals surface area contributed by atoms with Crippen LogP contribution >= 0.6 is 0 Å². The number of aromatic nitrogens is 1. The Labute approximate surface area is 105 Å². The summed E-state index contributed by atoms with van der Waals surface area (Å²) in [6.07, 6.45) is 0.709. The van der Waals surface area contributed by atoms with E-state index in [1.54, 1.807) is 20.8 Å². The number of carbonyl (C=O) groups excluding carboxylic acids is 1. The summed E-state index contributed by atoms with van der Waals surface area (Å²) in [7, 11) is 1.51. The largest absolute Gasteiger partial charge is 0.443 e. The first-order chi connectivity index (χ1) is 8.20. The van der Waals surface area contributed by atoms with Gasteiger partial charge in [0.2, 0.25) is 0 Å². The van der Waals surface area contributed by atoms with Crippen molar-refractivity contribution >= 4 is 17.6 Å². The predicted octanol–water partition coefficient (Wildman–Crippen LogP) is 2.36. The molecule has 7 heteroatoms. The van der Waals surface area contributed by atoms with E-state index in [0.29, 0.717) is 5.69 Å². The molecular weight excluding hydrogens is 238 g/mol. The van der Waals surface area contributed by atoms with Gasteiger partial charge >= 0.3 is 11.9 Å². The minimum absolute atomic E-state index is 0.267. The van der Waals surface area contributed by atoms with Gasteiger partial charge in [-0.25, -0.2) is 4.79 Å². The fourth-order valence-corrected chi connectivity index (χ4v) is 1.12. The summed E-state index contributed by atoms with van der Waals surface area (Å²) < 4.78 is 5.16. The number of carbonyl (C=O) groups is 1. The Morgan fingerprint density at radius 1 is 1.44 bits per heavy atom. The van der Waals surface area contributed by atoms with Crippen molar-refractivity contribution in [3.05, 3.63) is 28.4 Å². The smallest absolute Gasteiger partial charge is 0.414 e. The molecule has 0 unspecified atom stereocenters. The fraction of sp³-hybridized carbons (Fsp3) is 0.455. The van der Waals surface area contributed by atoms with E-state index in [0.717, 1.165) is 0 Å². The van der Waals surface area contributed by atoms with Crippen molar-refractivity contribution in [3.8, 4) is 0 Å². The van der Waals surface area contributed by atoms with Crippen LogP contribution in [0.4, 0.5) is 16.3 Å². The normalized spacial score (nSPS) is 10.9. The minimum Gasteiger partial charge on any atom is -0.443 e. The molecule has 0 aliphatic rings. The van der Waals surface area contributed by atoms with Crippen LogP contribution in [0.25, 0.3) is 0 Å². The van der Waals surface area contributed by atoms with Crippen LogP contribution in [0.3, 0.4) is 0 Å². The zero-order valence-corrected chi connectivity index (χ0v) is 10.7. The molecule has 0 spiro atoms. The Morgan fingerprint density at radius 3 is 2.44 bits per heavy atom. The molecule has 0 saturated carbocycles.